The molecule has 0 heterocycles. The van der Waals surface area contributed by atoms with E-state index in [0.29, 0.717) is 11.3 Å². The summed E-state index contributed by atoms with van der Waals surface area (Å²) in [4.78, 5) is 2.32. The fourth-order valence-corrected chi connectivity index (χ4v) is 2.36. The lowest BCUT2D eigenvalue weighted by Gasteiger charge is -2.35. The van der Waals surface area contributed by atoms with Gasteiger partial charge in [0.15, 0.2) is 0 Å². The molecular weight excluding hydrogens is 267 g/mol. The van der Waals surface area contributed by atoms with Gasteiger partial charge in [-0.15, -0.1) is 0 Å². The second-order valence-corrected chi connectivity index (χ2v) is 6.07. The van der Waals surface area contributed by atoms with Crippen LogP contribution in [0.3, 0.4) is 0 Å². The van der Waals surface area contributed by atoms with E-state index in [9.17, 15) is 4.39 Å². The summed E-state index contributed by atoms with van der Waals surface area (Å²) < 4.78 is 19.5. The minimum Gasteiger partial charge on any atom is -0.496 e. The first-order valence-corrected chi connectivity index (χ1v) is 7.58. The Morgan fingerprint density at radius 1 is 1.38 bits per heavy atom. The van der Waals surface area contributed by atoms with Gasteiger partial charge in [0.2, 0.25) is 0 Å². The molecule has 1 unspecified atom stereocenters. The molecule has 0 bridgehead atoms. The Kier molecular flexibility index (Phi) is 6.62. The standard InChI is InChI=1S/C17H29FN2O/c1-7-17(2,3)20(5)12-11-14(19-4)16-13(18)9-8-10-15(16)21-6/h8-10,14,19H,7,11-12H2,1-6H3. The average molecular weight is 296 g/mol. The van der Waals surface area contributed by atoms with Gasteiger partial charge in [-0.25, -0.2) is 4.39 Å². The smallest absolute Gasteiger partial charge is 0.131 e. The summed E-state index contributed by atoms with van der Waals surface area (Å²) in [6.45, 7) is 7.53. The second kappa shape index (κ2) is 7.76. The van der Waals surface area contributed by atoms with Crippen LogP contribution in [-0.4, -0.2) is 38.2 Å². The molecule has 0 aliphatic carbocycles. The topological polar surface area (TPSA) is 24.5 Å². The molecular formula is C17H29FN2O. The van der Waals surface area contributed by atoms with Crippen LogP contribution in [0.5, 0.6) is 5.75 Å². The van der Waals surface area contributed by atoms with Gasteiger partial charge in [-0.2, -0.15) is 0 Å². The fraction of sp³-hybridized carbons (Fsp3) is 0.647. The Balaban J connectivity index is 2.86. The maximum absolute atomic E-state index is 14.2. The highest BCUT2D eigenvalue weighted by atomic mass is 19.1. The van der Waals surface area contributed by atoms with Gasteiger partial charge in [0.25, 0.3) is 0 Å². The highest BCUT2D eigenvalue weighted by molar-refractivity contribution is 5.37. The van der Waals surface area contributed by atoms with Crippen molar-refractivity contribution in [2.45, 2.75) is 45.2 Å². The van der Waals surface area contributed by atoms with Gasteiger partial charge in [-0.3, -0.25) is 0 Å². The number of hydrogen-bond donors (Lipinski definition) is 1. The second-order valence-electron chi connectivity index (χ2n) is 6.07. The number of hydrogen-bond acceptors (Lipinski definition) is 3. The van der Waals surface area contributed by atoms with E-state index >= 15 is 0 Å². The summed E-state index contributed by atoms with van der Waals surface area (Å²) in [5, 5.41) is 3.21. The molecule has 21 heavy (non-hydrogen) atoms. The van der Waals surface area contributed by atoms with E-state index in [1.54, 1.807) is 13.2 Å². The van der Waals surface area contributed by atoms with Crippen LogP contribution < -0.4 is 10.1 Å². The summed E-state index contributed by atoms with van der Waals surface area (Å²) >= 11 is 0. The van der Waals surface area contributed by atoms with Gasteiger partial charge in [0.05, 0.1) is 7.11 Å². The Hall–Kier alpha value is -1.13. The Bertz CT molecular complexity index is 448. The number of rotatable bonds is 8. The van der Waals surface area contributed by atoms with Crippen molar-refractivity contribution in [1.29, 1.82) is 0 Å². The van der Waals surface area contributed by atoms with Crippen molar-refractivity contribution in [2.75, 3.05) is 27.7 Å². The van der Waals surface area contributed by atoms with Crippen LogP contribution in [0.15, 0.2) is 18.2 Å². The molecule has 0 saturated carbocycles. The Labute approximate surface area is 128 Å². The first-order chi connectivity index (χ1) is 9.87. The molecule has 1 rings (SSSR count). The van der Waals surface area contributed by atoms with Crippen LogP contribution in [0, 0.1) is 5.82 Å². The van der Waals surface area contributed by atoms with E-state index in [2.05, 4.69) is 38.0 Å². The van der Waals surface area contributed by atoms with E-state index in [-0.39, 0.29) is 17.4 Å². The number of halogens is 1. The van der Waals surface area contributed by atoms with E-state index in [0.717, 1.165) is 19.4 Å². The van der Waals surface area contributed by atoms with Crippen LogP contribution in [0.4, 0.5) is 4.39 Å². The molecule has 120 valence electrons. The van der Waals surface area contributed by atoms with E-state index in [1.807, 2.05) is 13.1 Å². The molecule has 0 saturated heterocycles. The van der Waals surface area contributed by atoms with Crippen molar-refractivity contribution < 1.29 is 9.13 Å². The number of benzene rings is 1. The third-order valence-corrected chi connectivity index (χ3v) is 4.58. The summed E-state index contributed by atoms with van der Waals surface area (Å²) in [5.74, 6) is 0.387. The minimum absolute atomic E-state index is 0.0590. The lowest BCUT2D eigenvalue weighted by Crippen LogP contribution is -2.41. The molecule has 1 atom stereocenters. The van der Waals surface area contributed by atoms with Crippen molar-refractivity contribution in [1.82, 2.24) is 10.2 Å². The number of ether oxygens (including phenoxy) is 1. The van der Waals surface area contributed by atoms with Gasteiger partial charge in [0.1, 0.15) is 11.6 Å². The summed E-state index contributed by atoms with van der Waals surface area (Å²) in [7, 11) is 5.56. The quantitative estimate of drug-likeness (QED) is 0.793. The molecule has 0 radical (unpaired) electrons. The van der Waals surface area contributed by atoms with Crippen molar-refractivity contribution in [2.24, 2.45) is 0 Å². The zero-order chi connectivity index (χ0) is 16.0. The minimum atomic E-state index is -0.217. The maximum atomic E-state index is 14.2. The zero-order valence-corrected chi connectivity index (χ0v) is 14.2. The number of methoxy groups -OCH3 is 1. The molecule has 0 fully saturated rings. The molecule has 0 aliphatic heterocycles. The highest BCUT2D eigenvalue weighted by Crippen LogP contribution is 2.30. The van der Waals surface area contributed by atoms with Crippen LogP contribution in [-0.2, 0) is 0 Å². The zero-order valence-electron chi connectivity index (χ0n) is 14.2. The van der Waals surface area contributed by atoms with Gasteiger partial charge >= 0.3 is 0 Å². The van der Waals surface area contributed by atoms with Gasteiger partial charge < -0.3 is 15.0 Å². The molecule has 4 heteroatoms. The average Bonchev–Trinajstić information content (AvgIpc) is 2.48. The highest BCUT2D eigenvalue weighted by Gasteiger charge is 2.24. The van der Waals surface area contributed by atoms with Crippen LogP contribution in [0.25, 0.3) is 0 Å². The molecule has 3 nitrogen and oxygen atoms in total. The van der Waals surface area contributed by atoms with Crippen LogP contribution in [0.1, 0.15) is 45.2 Å². The molecule has 1 N–H and O–H groups in total. The molecule has 0 aliphatic rings. The van der Waals surface area contributed by atoms with E-state index in [4.69, 9.17) is 4.74 Å². The molecule has 0 spiro atoms. The Morgan fingerprint density at radius 2 is 2.05 bits per heavy atom. The lowest BCUT2D eigenvalue weighted by molar-refractivity contribution is 0.144. The number of nitrogens with one attached hydrogen (secondary N) is 1. The van der Waals surface area contributed by atoms with E-state index in [1.165, 1.54) is 6.07 Å². The summed E-state index contributed by atoms with van der Waals surface area (Å²) in [5.41, 5.74) is 0.766. The SMILES string of the molecule is CCC(C)(C)N(C)CCC(NC)c1c(F)cccc1OC. The van der Waals surface area contributed by atoms with Crippen LogP contribution >= 0.6 is 0 Å². The monoisotopic (exact) mass is 296 g/mol. The van der Waals surface area contributed by atoms with Gasteiger partial charge in [-0.05, 0) is 52.9 Å². The van der Waals surface area contributed by atoms with Gasteiger partial charge in [0, 0.05) is 23.7 Å². The summed E-state index contributed by atoms with van der Waals surface area (Å²) in [6, 6.07) is 4.91. The van der Waals surface area contributed by atoms with Crippen molar-refractivity contribution >= 4 is 0 Å². The number of nitrogens with zero attached hydrogens (tertiary/aromatic N) is 1. The maximum Gasteiger partial charge on any atom is 0.131 e. The Morgan fingerprint density at radius 3 is 2.57 bits per heavy atom. The third-order valence-electron chi connectivity index (χ3n) is 4.58. The van der Waals surface area contributed by atoms with Gasteiger partial charge in [-0.1, -0.05) is 13.0 Å². The lowest BCUT2D eigenvalue weighted by atomic mass is 9.97. The molecule has 1 aromatic carbocycles. The third kappa shape index (κ3) is 4.42. The van der Waals surface area contributed by atoms with Crippen molar-refractivity contribution in [3.05, 3.63) is 29.6 Å². The molecule has 0 aromatic heterocycles. The predicted octanol–water partition coefficient (Wildman–Crippen LogP) is 3.61. The van der Waals surface area contributed by atoms with E-state index < -0.39 is 0 Å². The first-order valence-electron chi connectivity index (χ1n) is 7.58. The predicted molar refractivity (Wildman–Crippen MR) is 86.4 cm³/mol. The molecule has 1 aromatic rings. The summed E-state index contributed by atoms with van der Waals surface area (Å²) in [6.07, 6.45) is 1.91. The van der Waals surface area contributed by atoms with Crippen molar-refractivity contribution in [3.63, 3.8) is 0 Å². The fourth-order valence-electron chi connectivity index (χ4n) is 2.36. The molecule has 0 amide bonds. The van der Waals surface area contributed by atoms with Crippen LogP contribution in [0.2, 0.25) is 0 Å². The van der Waals surface area contributed by atoms with Crippen molar-refractivity contribution in [3.8, 4) is 5.75 Å². The largest absolute Gasteiger partial charge is 0.496 e. The first kappa shape index (κ1) is 17.9. The normalized spacial score (nSPS) is 13.5.